The first kappa shape index (κ1) is 8.64. The van der Waals surface area contributed by atoms with Crippen LogP contribution in [0.2, 0.25) is 0 Å². The Morgan fingerprint density at radius 1 is 1.55 bits per heavy atom. The Balaban J connectivity index is 2.62. The molecular formula is C7H11NO2S. The van der Waals surface area contributed by atoms with Gasteiger partial charge in [0.25, 0.3) is 0 Å². The number of hydrogen-bond acceptors (Lipinski definition) is 3. The standard InChI is InChI=1S/C7H11NO2S/c9-6(4-11)7(10)5-2-1-3-8-5/h1-3,6-11H,4H2. The van der Waals surface area contributed by atoms with Gasteiger partial charge < -0.3 is 15.2 Å². The lowest BCUT2D eigenvalue weighted by Crippen LogP contribution is -2.19. The van der Waals surface area contributed by atoms with E-state index in [9.17, 15) is 5.11 Å². The van der Waals surface area contributed by atoms with Crippen LogP contribution in [0.25, 0.3) is 0 Å². The molecule has 3 N–H and O–H groups in total. The maximum atomic E-state index is 9.35. The van der Waals surface area contributed by atoms with Crippen molar-refractivity contribution in [1.29, 1.82) is 0 Å². The number of aliphatic hydroxyl groups is 2. The zero-order valence-corrected chi connectivity index (χ0v) is 6.83. The molecule has 0 aliphatic carbocycles. The van der Waals surface area contributed by atoms with Gasteiger partial charge >= 0.3 is 0 Å². The van der Waals surface area contributed by atoms with E-state index >= 15 is 0 Å². The topological polar surface area (TPSA) is 56.2 Å². The van der Waals surface area contributed by atoms with Crippen LogP contribution in [-0.2, 0) is 0 Å². The maximum Gasteiger partial charge on any atom is 0.120 e. The Labute approximate surface area is 70.5 Å². The number of nitrogens with one attached hydrogen (secondary N) is 1. The van der Waals surface area contributed by atoms with Crippen LogP contribution in [-0.4, -0.2) is 27.1 Å². The third-order valence-electron chi connectivity index (χ3n) is 1.49. The highest BCUT2D eigenvalue weighted by atomic mass is 32.1. The predicted molar refractivity (Wildman–Crippen MR) is 45.6 cm³/mol. The van der Waals surface area contributed by atoms with E-state index in [1.165, 1.54) is 0 Å². The smallest absolute Gasteiger partial charge is 0.120 e. The van der Waals surface area contributed by atoms with E-state index in [1.807, 2.05) is 0 Å². The van der Waals surface area contributed by atoms with Crippen molar-refractivity contribution in [3.63, 3.8) is 0 Å². The van der Waals surface area contributed by atoms with Gasteiger partial charge in [0.15, 0.2) is 0 Å². The molecule has 11 heavy (non-hydrogen) atoms. The lowest BCUT2D eigenvalue weighted by atomic mass is 10.2. The number of thiol groups is 1. The van der Waals surface area contributed by atoms with E-state index in [0.29, 0.717) is 5.69 Å². The molecule has 2 unspecified atom stereocenters. The van der Waals surface area contributed by atoms with Crippen molar-refractivity contribution in [2.75, 3.05) is 5.75 Å². The van der Waals surface area contributed by atoms with Crippen LogP contribution < -0.4 is 0 Å². The summed E-state index contributed by atoms with van der Waals surface area (Å²) in [7, 11) is 0. The summed E-state index contributed by atoms with van der Waals surface area (Å²) in [4.78, 5) is 2.81. The molecule has 0 aliphatic heterocycles. The molecule has 3 nitrogen and oxygen atoms in total. The zero-order valence-electron chi connectivity index (χ0n) is 5.94. The number of hydrogen-bond donors (Lipinski definition) is 4. The van der Waals surface area contributed by atoms with Crippen LogP contribution in [0, 0.1) is 0 Å². The molecule has 0 saturated carbocycles. The van der Waals surface area contributed by atoms with Crippen LogP contribution in [0.15, 0.2) is 18.3 Å². The van der Waals surface area contributed by atoms with Crippen molar-refractivity contribution in [2.24, 2.45) is 0 Å². The van der Waals surface area contributed by atoms with Crippen molar-refractivity contribution >= 4 is 12.6 Å². The van der Waals surface area contributed by atoms with E-state index in [1.54, 1.807) is 18.3 Å². The second-order valence-electron chi connectivity index (χ2n) is 2.32. The van der Waals surface area contributed by atoms with Crippen molar-refractivity contribution in [1.82, 2.24) is 4.98 Å². The molecule has 1 aromatic rings. The normalized spacial score (nSPS) is 16.3. The Morgan fingerprint density at radius 2 is 2.27 bits per heavy atom. The Morgan fingerprint density at radius 3 is 2.73 bits per heavy atom. The summed E-state index contributed by atoms with van der Waals surface area (Å²) in [5.74, 6) is 0.250. The highest BCUT2D eigenvalue weighted by molar-refractivity contribution is 7.80. The summed E-state index contributed by atoms with van der Waals surface area (Å²) in [5, 5.41) is 18.5. The van der Waals surface area contributed by atoms with Crippen LogP contribution in [0.1, 0.15) is 11.8 Å². The number of rotatable bonds is 3. The Bertz CT molecular complexity index is 200. The van der Waals surface area contributed by atoms with Gasteiger partial charge in [-0.1, -0.05) is 0 Å². The highest BCUT2D eigenvalue weighted by Gasteiger charge is 2.16. The van der Waals surface area contributed by atoms with E-state index in [4.69, 9.17) is 5.11 Å². The van der Waals surface area contributed by atoms with Gasteiger partial charge in [0, 0.05) is 17.6 Å². The number of aromatic nitrogens is 1. The predicted octanol–water partition coefficient (Wildman–Crippen LogP) is 0.339. The first-order valence-electron chi connectivity index (χ1n) is 3.36. The average molecular weight is 173 g/mol. The number of aliphatic hydroxyl groups excluding tert-OH is 2. The molecule has 0 fully saturated rings. The molecule has 2 atom stereocenters. The summed E-state index contributed by atoms with van der Waals surface area (Å²) in [6.07, 6.45) is 0.0311. The van der Waals surface area contributed by atoms with E-state index in [2.05, 4.69) is 17.6 Å². The van der Waals surface area contributed by atoms with Crippen molar-refractivity contribution in [3.05, 3.63) is 24.0 Å². The molecule has 0 radical (unpaired) electrons. The summed E-state index contributed by atoms with van der Waals surface area (Å²) in [6, 6.07) is 3.49. The second kappa shape index (κ2) is 3.80. The van der Waals surface area contributed by atoms with E-state index in [0.717, 1.165) is 0 Å². The van der Waals surface area contributed by atoms with Gasteiger partial charge in [-0.15, -0.1) is 0 Å². The Kier molecular flexibility index (Phi) is 2.99. The molecule has 0 aliphatic rings. The molecule has 62 valence electrons. The third kappa shape index (κ3) is 1.99. The monoisotopic (exact) mass is 173 g/mol. The number of aromatic amines is 1. The van der Waals surface area contributed by atoms with Gasteiger partial charge in [-0.3, -0.25) is 0 Å². The maximum absolute atomic E-state index is 9.35. The molecule has 0 bridgehead atoms. The van der Waals surface area contributed by atoms with Crippen LogP contribution in [0.4, 0.5) is 0 Å². The summed E-state index contributed by atoms with van der Waals surface area (Å²) < 4.78 is 0. The lowest BCUT2D eigenvalue weighted by molar-refractivity contribution is 0.0313. The summed E-state index contributed by atoms with van der Waals surface area (Å²) in [6.45, 7) is 0. The molecule has 0 aromatic carbocycles. The van der Waals surface area contributed by atoms with Crippen molar-refractivity contribution in [2.45, 2.75) is 12.2 Å². The third-order valence-corrected chi connectivity index (χ3v) is 1.87. The molecule has 0 amide bonds. The molecule has 0 saturated heterocycles. The average Bonchev–Trinajstić information content (AvgIpc) is 2.53. The van der Waals surface area contributed by atoms with Crippen LogP contribution in [0.3, 0.4) is 0 Å². The van der Waals surface area contributed by atoms with Gasteiger partial charge in [-0.25, -0.2) is 0 Å². The molecular weight excluding hydrogens is 162 g/mol. The van der Waals surface area contributed by atoms with Gasteiger partial charge in [-0.05, 0) is 12.1 Å². The summed E-state index contributed by atoms with van der Waals surface area (Å²) >= 11 is 3.86. The minimum Gasteiger partial charge on any atom is -0.389 e. The highest BCUT2D eigenvalue weighted by Crippen LogP contribution is 2.14. The quantitative estimate of drug-likeness (QED) is 0.498. The minimum atomic E-state index is -0.859. The molecule has 4 heteroatoms. The van der Waals surface area contributed by atoms with Gasteiger partial charge in [0.1, 0.15) is 6.10 Å². The minimum absolute atomic E-state index is 0.250. The van der Waals surface area contributed by atoms with E-state index in [-0.39, 0.29) is 5.75 Å². The first-order chi connectivity index (χ1) is 5.25. The zero-order chi connectivity index (χ0) is 8.27. The number of H-pyrrole nitrogens is 1. The largest absolute Gasteiger partial charge is 0.389 e. The fourth-order valence-electron chi connectivity index (χ4n) is 0.835. The van der Waals surface area contributed by atoms with Gasteiger partial charge in [0.05, 0.1) is 6.10 Å². The molecule has 1 rings (SSSR count). The van der Waals surface area contributed by atoms with Crippen LogP contribution >= 0.6 is 12.6 Å². The van der Waals surface area contributed by atoms with Crippen molar-refractivity contribution in [3.8, 4) is 0 Å². The Hall–Kier alpha value is -0.450. The van der Waals surface area contributed by atoms with Gasteiger partial charge in [-0.2, -0.15) is 12.6 Å². The SMILES string of the molecule is OC(CS)C(O)c1ccc[nH]1. The van der Waals surface area contributed by atoms with Crippen LogP contribution in [0.5, 0.6) is 0 Å². The molecule has 1 heterocycles. The molecule has 0 spiro atoms. The second-order valence-corrected chi connectivity index (χ2v) is 2.69. The lowest BCUT2D eigenvalue weighted by Gasteiger charge is -2.13. The van der Waals surface area contributed by atoms with Gasteiger partial charge in [0.2, 0.25) is 0 Å². The first-order valence-corrected chi connectivity index (χ1v) is 3.99. The summed E-state index contributed by atoms with van der Waals surface area (Å²) in [5.41, 5.74) is 0.617. The fraction of sp³-hybridized carbons (Fsp3) is 0.429. The molecule has 1 aromatic heterocycles. The van der Waals surface area contributed by atoms with Crippen molar-refractivity contribution < 1.29 is 10.2 Å². The fourth-order valence-corrected chi connectivity index (χ4v) is 1.04. The van der Waals surface area contributed by atoms with E-state index < -0.39 is 12.2 Å².